The molecule has 0 aliphatic heterocycles. The number of benzene rings is 1. The van der Waals surface area contributed by atoms with E-state index >= 15 is 0 Å². The van der Waals surface area contributed by atoms with Crippen molar-refractivity contribution in [3.05, 3.63) is 53.7 Å². The summed E-state index contributed by atoms with van der Waals surface area (Å²) in [6.45, 7) is 4.74. The molecule has 4 rings (SSSR count). The number of aromatic nitrogens is 4. The highest BCUT2D eigenvalue weighted by atomic mass is 16.5. The van der Waals surface area contributed by atoms with Gasteiger partial charge in [-0.15, -0.1) is 0 Å². The highest BCUT2D eigenvalue weighted by molar-refractivity contribution is 5.93. The summed E-state index contributed by atoms with van der Waals surface area (Å²) in [4.78, 5) is 12.3. The summed E-state index contributed by atoms with van der Waals surface area (Å²) >= 11 is 0. The molecule has 3 aromatic heterocycles. The van der Waals surface area contributed by atoms with Gasteiger partial charge in [0.15, 0.2) is 0 Å². The first-order valence-corrected chi connectivity index (χ1v) is 8.74. The van der Waals surface area contributed by atoms with E-state index in [1.54, 1.807) is 0 Å². The molecule has 3 heterocycles. The van der Waals surface area contributed by atoms with E-state index in [0.717, 1.165) is 34.5 Å². The predicted octanol–water partition coefficient (Wildman–Crippen LogP) is 3.87. The maximum absolute atomic E-state index is 5.28. The van der Waals surface area contributed by atoms with Crippen LogP contribution in [0.25, 0.3) is 33.5 Å². The quantitative estimate of drug-likeness (QED) is 0.573. The van der Waals surface area contributed by atoms with Crippen LogP contribution in [0.1, 0.15) is 24.1 Å². The molecule has 0 saturated carbocycles. The molecule has 0 bridgehead atoms. The molecule has 1 aromatic carbocycles. The van der Waals surface area contributed by atoms with Crippen molar-refractivity contribution in [2.75, 3.05) is 7.05 Å². The number of rotatable bonds is 5. The van der Waals surface area contributed by atoms with Crippen molar-refractivity contribution in [2.45, 2.75) is 26.8 Å². The molecule has 0 unspecified atom stereocenters. The van der Waals surface area contributed by atoms with Crippen molar-refractivity contribution in [3.8, 4) is 22.6 Å². The van der Waals surface area contributed by atoms with Crippen LogP contribution < -0.4 is 5.32 Å². The molecule has 132 valence electrons. The monoisotopic (exact) mass is 347 g/mol. The Morgan fingerprint density at radius 1 is 1.15 bits per heavy atom. The number of nitrogens with one attached hydrogen (secondary N) is 2. The van der Waals surface area contributed by atoms with Crippen molar-refractivity contribution in [3.63, 3.8) is 0 Å². The molecule has 6 nitrogen and oxygen atoms in total. The zero-order valence-electron chi connectivity index (χ0n) is 15.1. The van der Waals surface area contributed by atoms with Crippen LogP contribution in [0, 0.1) is 6.92 Å². The Labute approximate surface area is 151 Å². The minimum absolute atomic E-state index is 0.561. The molecule has 0 radical (unpaired) electrons. The Kier molecular flexibility index (Phi) is 4.26. The Balaban J connectivity index is 1.82. The van der Waals surface area contributed by atoms with Crippen LogP contribution in [-0.2, 0) is 13.0 Å². The number of hydrogen-bond donors (Lipinski definition) is 2. The standard InChI is InChI=1S/C20H21N5O/c1-4-15-16-10-14(20-24-18(11-21-3)26-25-20)5-6-17(16)23-19(15)13-7-8-22-12(2)9-13/h5-10,21,23H,4,11H2,1-3H3. The van der Waals surface area contributed by atoms with E-state index in [0.29, 0.717) is 18.3 Å². The summed E-state index contributed by atoms with van der Waals surface area (Å²) in [5.74, 6) is 1.20. The second-order valence-electron chi connectivity index (χ2n) is 6.32. The van der Waals surface area contributed by atoms with Gasteiger partial charge in [0, 0.05) is 39.6 Å². The van der Waals surface area contributed by atoms with E-state index in [-0.39, 0.29) is 0 Å². The predicted molar refractivity (Wildman–Crippen MR) is 102 cm³/mol. The maximum atomic E-state index is 5.28. The van der Waals surface area contributed by atoms with E-state index in [1.165, 1.54) is 10.9 Å². The fourth-order valence-electron chi connectivity index (χ4n) is 3.30. The van der Waals surface area contributed by atoms with E-state index in [4.69, 9.17) is 4.52 Å². The second kappa shape index (κ2) is 6.72. The molecule has 0 fully saturated rings. The number of nitrogens with zero attached hydrogens (tertiary/aromatic N) is 3. The molecule has 0 aliphatic carbocycles. The topological polar surface area (TPSA) is 79.6 Å². The van der Waals surface area contributed by atoms with E-state index in [1.807, 2.05) is 32.3 Å². The van der Waals surface area contributed by atoms with Gasteiger partial charge in [-0.05, 0) is 56.3 Å². The summed E-state index contributed by atoms with van der Waals surface area (Å²) in [6, 6.07) is 10.4. The minimum atomic E-state index is 0.561. The molecular weight excluding hydrogens is 326 g/mol. The van der Waals surface area contributed by atoms with Gasteiger partial charge in [0.2, 0.25) is 11.7 Å². The van der Waals surface area contributed by atoms with Crippen molar-refractivity contribution in [1.29, 1.82) is 0 Å². The highest BCUT2D eigenvalue weighted by Crippen LogP contribution is 2.33. The van der Waals surface area contributed by atoms with E-state index in [2.05, 4.69) is 50.5 Å². The number of fused-ring (bicyclic) bond motifs is 1. The minimum Gasteiger partial charge on any atom is -0.354 e. The van der Waals surface area contributed by atoms with Gasteiger partial charge < -0.3 is 14.8 Å². The van der Waals surface area contributed by atoms with Gasteiger partial charge in [-0.3, -0.25) is 4.98 Å². The van der Waals surface area contributed by atoms with Gasteiger partial charge in [0.05, 0.1) is 6.54 Å². The Bertz CT molecular complexity index is 1060. The van der Waals surface area contributed by atoms with Crippen LogP contribution in [0.4, 0.5) is 0 Å². The fourth-order valence-corrected chi connectivity index (χ4v) is 3.30. The zero-order valence-corrected chi connectivity index (χ0v) is 15.1. The summed E-state index contributed by atoms with van der Waals surface area (Å²) in [6.07, 6.45) is 2.78. The number of H-pyrrole nitrogens is 1. The first-order valence-electron chi connectivity index (χ1n) is 8.74. The molecule has 2 N–H and O–H groups in total. The normalized spacial score (nSPS) is 11.3. The molecule has 6 heteroatoms. The van der Waals surface area contributed by atoms with Gasteiger partial charge >= 0.3 is 0 Å². The lowest BCUT2D eigenvalue weighted by atomic mass is 10.0. The zero-order chi connectivity index (χ0) is 18.1. The molecule has 0 aliphatic rings. The van der Waals surface area contributed by atoms with Gasteiger partial charge in [-0.2, -0.15) is 4.98 Å². The SMILES string of the molecule is CCc1c(-c2ccnc(C)c2)[nH]c2ccc(-c3noc(CNC)n3)cc12. The number of aromatic amines is 1. The number of aryl methyl sites for hydroxylation is 2. The molecule has 26 heavy (non-hydrogen) atoms. The third kappa shape index (κ3) is 2.88. The fraction of sp³-hybridized carbons (Fsp3) is 0.250. The lowest BCUT2D eigenvalue weighted by Gasteiger charge is -2.03. The van der Waals surface area contributed by atoms with Crippen molar-refractivity contribution < 1.29 is 4.52 Å². The van der Waals surface area contributed by atoms with Crippen molar-refractivity contribution in [1.82, 2.24) is 25.4 Å². The van der Waals surface area contributed by atoms with Crippen LogP contribution in [-0.4, -0.2) is 27.2 Å². The highest BCUT2D eigenvalue weighted by Gasteiger charge is 2.15. The van der Waals surface area contributed by atoms with E-state index < -0.39 is 0 Å². The molecule has 0 spiro atoms. The summed E-state index contributed by atoms with van der Waals surface area (Å²) in [7, 11) is 1.85. The lowest BCUT2D eigenvalue weighted by molar-refractivity contribution is 0.372. The third-order valence-corrected chi connectivity index (χ3v) is 4.50. The van der Waals surface area contributed by atoms with Crippen LogP contribution in [0.3, 0.4) is 0 Å². The average Bonchev–Trinajstić information content (AvgIpc) is 3.25. The van der Waals surface area contributed by atoms with Crippen LogP contribution in [0.2, 0.25) is 0 Å². The third-order valence-electron chi connectivity index (χ3n) is 4.50. The number of pyridine rings is 1. The van der Waals surface area contributed by atoms with E-state index in [9.17, 15) is 0 Å². The number of hydrogen-bond acceptors (Lipinski definition) is 5. The van der Waals surface area contributed by atoms with Gasteiger partial charge in [0.25, 0.3) is 0 Å². The van der Waals surface area contributed by atoms with Crippen LogP contribution >= 0.6 is 0 Å². The molecular formula is C20H21N5O. The second-order valence-corrected chi connectivity index (χ2v) is 6.32. The first-order chi connectivity index (χ1) is 12.7. The summed E-state index contributed by atoms with van der Waals surface area (Å²) in [5.41, 5.74) is 6.65. The van der Waals surface area contributed by atoms with Gasteiger partial charge in [-0.1, -0.05) is 12.1 Å². The van der Waals surface area contributed by atoms with Gasteiger partial charge in [0.1, 0.15) is 0 Å². The summed E-state index contributed by atoms with van der Waals surface area (Å²) < 4.78 is 5.28. The Morgan fingerprint density at radius 2 is 2.04 bits per heavy atom. The summed E-state index contributed by atoms with van der Waals surface area (Å²) in [5, 5.41) is 8.30. The lowest BCUT2D eigenvalue weighted by Crippen LogP contribution is -2.04. The van der Waals surface area contributed by atoms with Crippen LogP contribution in [0.15, 0.2) is 41.1 Å². The largest absolute Gasteiger partial charge is 0.354 e. The molecule has 0 atom stereocenters. The Morgan fingerprint density at radius 3 is 2.81 bits per heavy atom. The van der Waals surface area contributed by atoms with Gasteiger partial charge in [-0.25, -0.2) is 0 Å². The molecule has 0 saturated heterocycles. The molecule has 4 aromatic rings. The smallest absolute Gasteiger partial charge is 0.240 e. The first kappa shape index (κ1) is 16.5. The maximum Gasteiger partial charge on any atom is 0.240 e. The Hall–Kier alpha value is -2.99. The van der Waals surface area contributed by atoms with Crippen molar-refractivity contribution in [2.24, 2.45) is 0 Å². The average molecular weight is 347 g/mol. The van der Waals surface area contributed by atoms with Crippen LogP contribution in [0.5, 0.6) is 0 Å². The van der Waals surface area contributed by atoms with Crippen molar-refractivity contribution >= 4 is 10.9 Å². The molecule has 0 amide bonds.